The number of amides is 1. The van der Waals surface area contributed by atoms with Crippen LogP contribution in [0.5, 0.6) is 5.75 Å². The van der Waals surface area contributed by atoms with Gasteiger partial charge in [-0.25, -0.2) is 4.39 Å². The van der Waals surface area contributed by atoms with Gasteiger partial charge in [-0.15, -0.1) is 0 Å². The second-order valence-electron chi connectivity index (χ2n) is 4.72. The van der Waals surface area contributed by atoms with E-state index in [1.54, 1.807) is 18.2 Å². The number of hydrogen-bond acceptors (Lipinski definition) is 3. The molecule has 5 heteroatoms. The van der Waals surface area contributed by atoms with E-state index in [2.05, 4.69) is 5.32 Å². The summed E-state index contributed by atoms with van der Waals surface area (Å²) in [6.45, 7) is 5.11. The molecule has 19 heavy (non-hydrogen) atoms. The summed E-state index contributed by atoms with van der Waals surface area (Å²) in [5, 5.41) is 3.20. The molecule has 1 heterocycles. The molecule has 0 saturated carbocycles. The number of benzene rings is 1. The molecule has 2 rings (SSSR count). The van der Waals surface area contributed by atoms with Gasteiger partial charge in [0, 0.05) is 26.2 Å². The Morgan fingerprint density at radius 1 is 1.42 bits per heavy atom. The highest BCUT2D eigenvalue weighted by Gasteiger charge is 2.22. The first-order valence-electron chi connectivity index (χ1n) is 6.55. The largest absolute Gasteiger partial charge is 0.490 e. The van der Waals surface area contributed by atoms with Crippen LogP contribution in [0.2, 0.25) is 0 Å². The van der Waals surface area contributed by atoms with Crippen LogP contribution < -0.4 is 10.1 Å². The van der Waals surface area contributed by atoms with Gasteiger partial charge in [0.05, 0.1) is 12.5 Å². The Labute approximate surface area is 112 Å². The van der Waals surface area contributed by atoms with Gasteiger partial charge in [0.15, 0.2) is 11.6 Å². The second-order valence-corrected chi connectivity index (χ2v) is 4.72. The SMILES string of the molecule is CC(COc1ccccc1F)C(=O)N1CCNCC1. The van der Waals surface area contributed by atoms with Crippen LogP contribution >= 0.6 is 0 Å². The first-order chi connectivity index (χ1) is 9.18. The van der Waals surface area contributed by atoms with Crippen molar-refractivity contribution in [3.8, 4) is 5.75 Å². The predicted molar refractivity (Wildman–Crippen MR) is 70.5 cm³/mol. The summed E-state index contributed by atoms with van der Waals surface area (Å²) in [6.07, 6.45) is 0. The molecule has 1 aliphatic heterocycles. The number of carbonyl (C=O) groups is 1. The normalized spacial score (nSPS) is 17.1. The minimum absolute atomic E-state index is 0.0674. The fraction of sp³-hybridized carbons (Fsp3) is 0.500. The van der Waals surface area contributed by atoms with E-state index in [4.69, 9.17) is 4.74 Å². The lowest BCUT2D eigenvalue weighted by molar-refractivity contribution is -0.136. The average Bonchev–Trinajstić information content (AvgIpc) is 2.46. The van der Waals surface area contributed by atoms with E-state index in [0.29, 0.717) is 0 Å². The summed E-state index contributed by atoms with van der Waals surface area (Å²) in [5.74, 6) is -0.401. The molecule has 1 saturated heterocycles. The first kappa shape index (κ1) is 13.8. The van der Waals surface area contributed by atoms with Gasteiger partial charge in [0.1, 0.15) is 0 Å². The smallest absolute Gasteiger partial charge is 0.228 e. The molecule has 1 fully saturated rings. The molecule has 0 spiro atoms. The number of halogens is 1. The predicted octanol–water partition coefficient (Wildman–Crippen LogP) is 1.27. The Kier molecular flexibility index (Phi) is 4.74. The van der Waals surface area contributed by atoms with Crippen molar-refractivity contribution in [3.05, 3.63) is 30.1 Å². The average molecular weight is 266 g/mol. The van der Waals surface area contributed by atoms with Crippen LogP contribution in [0.4, 0.5) is 4.39 Å². The van der Waals surface area contributed by atoms with Gasteiger partial charge in [-0.05, 0) is 12.1 Å². The Bertz CT molecular complexity index is 433. The van der Waals surface area contributed by atoms with Gasteiger partial charge in [-0.3, -0.25) is 4.79 Å². The quantitative estimate of drug-likeness (QED) is 0.892. The topological polar surface area (TPSA) is 41.6 Å². The van der Waals surface area contributed by atoms with Crippen molar-refractivity contribution in [1.82, 2.24) is 10.2 Å². The van der Waals surface area contributed by atoms with E-state index < -0.39 is 5.82 Å². The third-order valence-corrected chi connectivity index (χ3v) is 3.18. The first-order valence-corrected chi connectivity index (χ1v) is 6.55. The molecule has 1 amide bonds. The Hall–Kier alpha value is -1.62. The molecule has 4 nitrogen and oxygen atoms in total. The molecular formula is C14H19FN2O2. The van der Waals surface area contributed by atoms with Crippen LogP contribution in [0.3, 0.4) is 0 Å². The highest BCUT2D eigenvalue weighted by atomic mass is 19.1. The van der Waals surface area contributed by atoms with Crippen molar-refractivity contribution < 1.29 is 13.9 Å². The summed E-state index contributed by atoms with van der Waals surface area (Å²) in [4.78, 5) is 14.0. The highest BCUT2D eigenvalue weighted by Crippen LogP contribution is 2.16. The minimum atomic E-state index is -0.399. The van der Waals surface area contributed by atoms with Crippen molar-refractivity contribution in [2.75, 3.05) is 32.8 Å². The van der Waals surface area contributed by atoms with Gasteiger partial charge < -0.3 is 15.0 Å². The summed E-state index contributed by atoms with van der Waals surface area (Å²) >= 11 is 0. The number of carbonyl (C=O) groups excluding carboxylic acids is 1. The summed E-state index contributed by atoms with van der Waals surface area (Å²) < 4.78 is 18.7. The van der Waals surface area contributed by atoms with E-state index in [1.165, 1.54) is 6.07 Å². The van der Waals surface area contributed by atoms with Gasteiger partial charge in [0.25, 0.3) is 0 Å². The summed E-state index contributed by atoms with van der Waals surface area (Å²) in [6, 6.07) is 6.23. The molecule has 1 aromatic rings. The van der Waals surface area contributed by atoms with Crippen molar-refractivity contribution in [2.45, 2.75) is 6.92 Å². The van der Waals surface area contributed by atoms with Crippen molar-refractivity contribution in [1.29, 1.82) is 0 Å². The lowest BCUT2D eigenvalue weighted by Crippen LogP contribution is -2.48. The van der Waals surface area contributed by atoms with Crippen LogP contribution in [-0.2, 0) is 4.79 Å². The lowest BCUT2D eigenvalue weighted by Gasteiger charge is -2.29. The monoisotopic (exact) mass is 266 g/mol. The summed E-state index contributed by atoms with van der Waals surface area (Å²) in [7, 11) is 0. The standard InChI is InChI=1S/C14H19FN2O2/c1-11(14(18)17-8-6-16-7-9-17)10-19-13-5-3-2-4-12(13)15/h2-5,11,16H,6-10H2,1H3. The van der Waals surface area contributed by atoms with E-state index in [0.717, 1.165) is 26.2 Å². The zero-order valence-electron chi connectivity index (χ0n) is 11.1. The molecule has 1 aliphatic rings. The fourth-order valence-corrected chi connectivity index (χ4v) is 2.04. The van der Waals surface area contributed by atoms with E-state index in [-0.39, 0.29) is 24.2 Å². The zero-order chi connectivity index (χ0) is 13.7. The molecule has 0 aliphatic carbocycles. The maximum Gasteiger partial charge on any atom is 0.228 e. The fourth-order valence-electron chi connectivity index (χ4n) is 2.04. The van der Waals surface area contributed by atoms with Crippen LogP contribution in [-0.4, -0.2) is 43.6 Å². The number of rotatable bonds is 4. The van der Waals surface area contributed by atoms with Gasteiger partial charge >= 0.3 is 0 Å². The Morgan fingerprint density at radius 3 is 2.79 bits per heavy atom. The van der Waals surface area contributed by atoms with E-state index >= 15 is 0 Å². The molecular weight excluding hydrogens is 247 g/mol. The molecule has 0 aromatic heterocycles. The third-order valence-electron chi connectivity index (χ3n) is 3.18. The maximum atomic E-state index is 13.4. The molecule has 0 radical (unpaired) electrons. The molecule has 1 atom stereocenters. The van der Waals surface area contributed by atoms with Gasteiger partial charge in [0.2, 0.25) is 5.91 Å². The van der Waals surface area contributed by atoms with Crippen molar-refractivity contribution >= 4 is 5.91 Å². The van der Waals surface area contributed by atoms with Gasteiger partial charge in [-0.1, -0.05) is 19.1 Å². The van der Waals surface area contributed by atoms with Crippen molar-refractivity contribution in [2.24, 2.45) is 5.92 Å². The molecule has 1 aromatic carbocycles. The highest BCUT2D eigenvalue weighted by molar-refractivity contribution is 5.78. The molecule has 0 bridgehead atoms. The van der Waals surface area contributed by atoms with Crippen LogP contribution in [0.1, 0.15) is 6.92 Å². The summed E-state index contributed by atoms with van der Waals surface area (Å²) in [5.41, 5.74) is 0. The number of para-hydroxylation sites is 1. The number of piperazine rings is 1. The van der Waals surface area contributed by atoms with Crippen LogP contribution in [0, 0.1) is 11.7 Å². The molecule has 104 valence electrons. The number of ether oxygens (including phenoxy) is 1. The van der Waals surface area contributed by atoms with E-state index in [1.807, 2.05) is 11.8 Å². The minimum Gasteiger partial charge on any atom is -0.490 e. The number of nitrogens with zero attached hydrogens (tertiary/aromatic N) is 1. The number of hydrogen-bond donors (Lipinski definition) is 1. The van der Waals surface area contributed by atoms with Crippen LogP contribution in [0.15, 0.2) is 24.3 Å². The third kappa shape index (κ3) is 3.67. The Morgan fingerprint density at radius 2 is 2.11 bits per heavy atom. The van der Waals surface area contributed by atoms with E-state index in [9.17, 15) is 9.18 Å². The molecule has 1 N–H and O–H groups in total. The van der Waals surface area contributed by atoms with Crippen LogP contribution in [0.25, 0.3) is 0 Å². The van der Waals surface area contributed by atoms with Gasteiger partial charge in [-0.2, -0.15) is 0 Å². The van der Waals surface area contributed by atoms with Crippen molar-refractivity contribution in [3.63, 3.8) is 0 Å². The zero-order valence-corrected chi connectivity index (χ0v) is 11.1. The lowest BCUT2D eigenvalue weighted by atomic mass is 10.1. The molecule has 1 unspecified atom stereocenters. The number of nitrogens with one attached hydrogen (secondary N) is 1. The maximum absolute atomic E-state index is 13.4. The Balaban J connectivity index is 1.85. The second kappa shape index (κ2) is 6.52.